The summed E-state index contributed by atoms with van der Waals surface area (Å²) >= 11 is 0. The van der Waals surface area contributed by atoms with Crippen molar-refractivity contribution in [2.24, 2.45) is 5.92 Å². The van der Waals surface area contributed by atoms with Crippen molar-refractivity contribution in [3.05, 3.63) is 35.9 Å². The van der Waals surface area contributed by atoms with Crippen LogP contribution in [0.4, 0.5) is 0 Å². The maximum Gasteiger partial charge on any atom is 0.326 e. The topological polar surface area (TPSA) is 66.4 Å². The summed E-state index contributed by atoms with van der Waals surface area (Å²) in [5.41, 5.74) is 0.909. The molecule has 0 heterocycles. The van der Waals surface area contributed by atoms with Gasteiger partial charge >= 0.3 is 5.97 Å². The summed E-state index contributed by atoms with van der Waals surface area (Å²) < 4.78 is 0. The van der Waals surface area contributed by atoms with E-state index in [2.05, 4.69) is 12.2 Å². The minimum atomic E-state index is -0.988. The molecule has 116 valence electrons. The molecule has 4 heteroatoms. The number of carbonyl (C=O) groups excluding carboxylic acids is 1. The van der Waals surface area contributed by atoms with Crippen LogP contribution in [0.25, 0.3) is 0 Å². The number of amides is 1. The molecular formula is C17H25NO3. The lowest BCUT2D eigenvalue weighted by Crippen LogP contribution is -2.44. The molecule has 1 aromatic rings. The van der Waals surface area contributed by atoms with E-state index in [-0.39, 0.29) is 11.8 Å². The molecule has 0 spiro atoms. The zero-order valence-corrected chi connectivity index (χ0v) is 12.8. The fraction of sp³-hybridized carbons (Fsp3) is 0.529. The van der Waals surface area contributed by atoms with Crippen LogP contribution >= 0.6 is 0 Å². The Morgan fingerprint density at radius 2 is 1.86 bits per heavy atom. The summed E-state index contributed by atoms with van der Waals surface area (Å²) in [6.45, 7) is 4.05. The molecule has 0 radical (unpaired) electrons. The molecule has 0 aliphatic heterocycles. The number of rotatable bonds is 9. The predicted molar refractivity (Wildman–Crippen MR) is 83.0 cm³/mol. The van der Waals surface area contributed by atoms with Crippen LogP contribution in [0.15, 0.2) is 30.3 Å². The quantitative estimate of drug-likeness (QED) is 0.735. The van der Waals surface area contributed by atoms with Gasteiger partial charge in [0.1, 0.15) is 6.04 Å². The summed E-state index contributed by atoms with van der Waals surface area (Å²) in [6, 6.07) is 8.50. The Labute approximate surface area is 126 Å². The average Bonchev–Trinajstić information content (AvgIpc) is 2.48. The molecule has 1 rings (SSSR count). The van der Waals surface area contributed by atoms with Gasteiger partial charge in [-0.05, 0) is 18.4 Å². The summed E-state index contributed by atoms with van der Waals surface area (Å²) in [5, 5.41) is 12.0. The molecule has 2 N–H and O–H groups in total. The zero-order valence-electron chi connectivity index (χ0n) is 12.8. The van der Waals surface area contributed by atoms with Crippen LogP contribution in [0.2, 0.25) is 0 Å². The van der Waals surface area contributed by atoms with Gasteiger partial charge in [-0.15, -0.1) is 0 Å². The summed E-state index contributed by atoms with van der Waals surface area (Å²) in [5.74, 6) is -1.23. The van der Waals surface area contributed by atoms with Gasteiger partial charge in [-0.25, -0.2) is 4.79 Å². The van der Waals surface area contributed by atoms with Crippen molar-refractivity contribution in [3.63, 3.8) is 0 Å². The first-order chi connectivity index (χ1) is 10.1. The lowest BCUT2D eigenvalue weighted by molar-refractivity contribution is -0.142. The number of hydrogen-bond acceptors (Lipinski definition) is 2. The van der Waals surface area contributed by atoms with Crippen molar-refractivity contribution in [1.82, 2.24) is 5.32 Å². The van der Waals surface area contributed by atoms with E-state index in [9.17, 15) is 14.7 Å². The van der Waals surface area contributed by atoms with Gasteiger partial charge in [0.25, 0.3) is 0 Å². The first kappa shape index (κ1) is 17.2. The number of benzene rings is 1. The van der Waals surface area contributed by atoms with E-state index in [0.29, 0.717) is 6.42 Å². The first-order valence-corrected chi connectivity index (χ1v) is 7.65. The molecular weight excluding hydrogens is 266 g/mol. The summed E-state index contributed by atoms with van der Waals surface area (Å²) in [6.07, 6.45) is 3.89. The molecule has 0 bridgehead atoms. The van der Waals surface area contributed by atoms with E-state index in [4.69, 9.17) is 0 Å². The molecule has 0 saturated carbocycles. The van der Waals surface area contributed by atoms with Crippen molar-refractivity contribution in [2.45, 2.75) is 52.0 Å². The molecule has 1 aromatic carbocycles. The van der Waals surface area contributed by atoms with Gasteiger partial charge in [-0.2, -0.15) is 0 Å². The van der Waals surface area contributed by atoms with E-state index in [1.807, 2.05) is 37.3 Å². The Bertz CT molecular complexity index is 445. The molecule has 0 aromatic heterocycles. The number of carboxylic acids is 1. The Morgan fingerprint density at radius 3 is 2.38 bits per heavy atom. The first-order valence-electron chi connectivity index (χ1n) is 7.65. The second-order valence-corrected chi connectivity index (χ2v) is 5.34. The molecule has 4 nitrogen and oxygen atoms in total. The second-order valence-electron chi connectivity index (χ2n) is 5.34. The molecule has 21 heavy (non-hydrogen) atoms. The van der Waals surface area contributed by atoms with Gasteiger partial charge in [0.2, 0.25) is 5.91 Å². The zero-order chi connectivity index (χ0) is 15.7. The molecule has 1 unspecified atom stereocenters. The van der Waals surface area contributed by atoms with Crippen LogP contribution in [-0.2, 0) is 16.0 Å². The van der Waals surface area contributed by atoms with Gasteiger partial charge < -0.3 is 10.4 Å². The van der Waals surface area contributed by atoms with E-state index in [0.717, 1.165) is 31.2 Å². The fourth-order valence-corrected chi connectivity index (χ4v) is 2.31. The number of carboxylic acid groups (broad SMARTS) is 1. The summed E-state index contributed by atoms with van der Waals surface area (Å²) in [7, 11) is 0. The highest BCUT2D eigenvalue weighted by molar-refractivity contribution is 5.85. The van der Waals surface area contributed by atoms with E-state index >= 15 is 0 Å². The third-order valence-electron chi connectivity index (χ3n) is 3.67. The van der Waals surface area contributed by atoms with E-state index < -0.39 is 12.0 Å². The Balaban J connectivity index is 2.65. The SMILES string of the molecule is CCCCC(CC)C(=O)N[C@H](Cc1ccccc1)C(=O)O. The Hall–Kier alpha value is -1.84. The van der Waals surface area contributed by atoms with E-state index in [1.165, 1.54) is 0 Å². The predicted octanol–water partition coefficient (Wildman–Crippen LogP) is 3.01. The van der Waals surface area contributed by atoms with Crippen molar-refractivity contribution in [2.75, 3.05) is 0 Å². The monoisotopic (exact) mass is 291 g/mol. The lowest BCUT2D eigenvalue weighted by Gasteiger charge is -2.19. The maximum atomic E-state index is 12.2. The molecule has 2 atom stereocenters. The van der Waals surface area contributed by atoms with Crippen LogP contribution in [0.3, 0.4) is 0 Å². The number of hydrogen-bond donors (Lipinski definition) is 2. The van der Waals surface area contributed by atoms with Crippen molar-refractivity contribution >= 4 is 11.9 Å². The number of unbranched alkanes of at least 4 members (excludes halogenated alkanes) is 1. The maximum absolute atomic E-state index is 12.2. The standard InChI is InChI=1S/C17H25NO3/c1-3-5-11-14(4-2)16(19)18-15(17(20)21)12-13-9-7-6-8-10-13/h6-10,14-15H,3-5,11-12H2,1-2H3,(H,18,19)(H,20,21)/t14?,15-/m1/s1. The highest BCUT2D eigenvalue weighted by Crippen LogP contribution is 2.13. The lowest BCUT2D eigenvalue weighted by atomic mass is 9.97. The molecule has 1 amide bonds. The minimum Gasteiger partial charge on any atom is -0.480 e. The molecule has 0 aliphatic carbocycles. The van der Waals surface area contributed by atoms with Crippen LogP contribution in [0, 0.1) is 5.92 Å². The Morgan fingerprint density at radius 1 is 1.19 bits per heavy atom. The number of aliphatic carboxylic acids is 1. The van der Waals surface area contributed by atoms with Crippen LogP contribution in [-0.4, -0.2) is 23.0 Å². The highest BCUT2D eigenvalue weighted by atomic mass is 16.4. The van der Waals surface area contributed by atoms with Crippen molar-refractivity contribution in [3.8, 4) is 0 Å². The highest BCUT2D eigenvalue weighted by Gasteiger charge is 2.24. The third kappa shape index (κ3) is 5.98. The Kier molecular flexibility index (Phi) is 7.51. The van der Waals surface area contributed by atoms with E-state index in [1.54, 1.807) is 0 Å². The van der Waals surface area contributed by atoms with Crippen LogP contribution < -0.4 is 5.32 Å². The average molecular weight is 291 g/mol. The van der Waals surface area contributed by atoms with Crippen LogP contribution in [0.5, 0.6) is 0 Å². The van der Waals surface area contributed by atoms with Gasteiger partial charge in [-0.3, -0.25) is 4.79 Å². The molecule has 0 saturated heterocycles. The van der Waals surface area contributed by atoms with Gasteiger partial charge in [0.15, 0.2) is 0 Å². The summed E-state index contributed by atoms with van der Waals surface area (Å²) in [4.78, 5) is 23.6. The van der Waals surface area contributed by atoms with Gasteiger partial charge in [0, 0.05) is 12.3 Å². The van der Waals surface area contributed by atoms with Crippen molar-refractivity contribution < 1.29 is 14.7 Å². The minimum absolute atomic E-state index is 0.0948. The van der Waals surface area contributed by atoms with Gasteiger partial charge in [0.05, 0.1) is 0 Å². The largest absolute Gasteiger partial charge is 0.480 e. The number of carbonyl (C=O) groups is 2. The molecule has 0 fully saturated rings. The smallest absolute Gasteiger partial charge is 0.326 e. The molecule has 0 aliphatic rings. The normalized spacial score (nSPS) is 13.4. The second kappa shape index (κ2) is 9.16. The number of nitrogens with one attached hydrogen (secondary N) is 1. The third-order valence-corrected chi connectivity index (χ3v) is 3.67. The van der Waals surface area contributed by atoms with Crippen molar-refractivity contribution in [1.29, 1.82) is 0 Å². The van der Waals surface area contributed by atoms with Crippen LogP contribution in [0.1, 0.15) is 45.1 Å². The van der Waals surface area contributed by atoms with Gasteiger partial charge in [-0.1, -0.05) is 57.0 Å². The fourth-order valence-electron chi connectivity index (χ4n) is 2.31.